The Morgan fingerprint density at radius 1 is 1.00 bits per heavy atom. The van der Waals surface area contributed by atoms with Gasteiger partial charge in [0.25, 0.3) is 10.1 Å². The van der Waals surface area contributed by atoms with Gasteiger partial charge >= 0.3 is 0 Å². The van der Waals surface area contributed by atoms with Crippen molar-refractivity contribution in [3.05, 3.63) is 37.0 Å². The summed E-state index contributed by atoms with van der Waals surface area (Å²) in [6.07, 6.45) is 0. The summed E-state index contributed by atoms with van der Waals surface area (Å²) in [5.74, 6) is 0. The summed E-state index contributed by atoms with van der Waals surface area (Å²) in [7, 11) is -5.02. The standard InChI is InChI=1S/C9H21O3PS.C7H9N.CH3.Pd/c1-8(2,3)13(9(4,5)6)7-14(10,11)12;1-6-4-3-5-7(2)8-6;;/h7H2,1-6H3,(H,10,11,12);3-5H,1-2H3;1H3;/q;;-1;/p+1. The first-order valence-corrected chi connectivity index (χ1v) is 10.7. The second kappa shape index (κ2) is 11.0. The maximum Gasteiger partial charge on any atom is 0.299 e. The van der Waals surface area contributed by atoms with Gasteiger partial charge in [0, 0.05) is 39.7 Å². The molecule has 24 heavy (non-hydrogen) atoms. The van der Waals surface area contributed by atoms with Crippen LogP contribution in [0, 0.1) is 21.3 Å². The summed E-state index contributed by atoms with van der Waals surface area (Å²) in [6.45, 7) is 16.2. The van der Waals surface area contributed by atoms with Gasteiger partial charge in [-0.1, -0.05) is 6.07 Å². The van der Waals surface area contributed by atoms with E-state index in [-0.39, 0.29) is 43.7 Å². The van der Waals surface area contributed by atoms with Crippen molar-refractivity contribution in [3.8, 4) is 0 Å². The molecule has 0 unspecified atom stereocenters. The fourth-order valence-corrected chi connectivity index (χ4v) is 9.59. The molecule has 0 spiro atoms. The number of nitrogens with zero attached hydrogens (tertiary/aromatic N) is 1. The topological polar surface area (TPSA) is 67.3 Å². The maximum absolute atomic E-state index is 10.9. The molecule has 0 saturated heterocycles. The molecule has 0 saturated carbocycles. The predicted octanol–water partition coefficient (Wildman–Crippen LogP) is 4.79. The molecule has 1 N–H and O–H groups in total. The molecule has 1 rings (SSSR count). The zero-order valence-corrected chi connectivity index (χ0v) is 19.7. The van der Waals surface area contributed by atoms with Gasteiger partial charge in [-0.15, -0.1) is 0 Å². The zero-order chi connectivity index (χ0) is 17.8. The van der Waals surface area contributed by atoms with E-state index >= 15 is 0 Å². The molecule has 0 atom stereocenters. The van der Waals surface area contributed by atoms with E-state index in [0.29, 0.717) is 0 Å². The van der Waals surface area contributed by atoms with Gasteiger partial charge in [0.15, 0.2) is 5.49 Å². The van der Waals surface area contributed by atoms with Gasteiger partial charge in [0.05, 0.1) is 10.3 Å². The first kappa shape index (κ1) is 28.9. The molecule has 0 fully saturated rings. The van der Waals surface area contributed by atoms with Crippen molar-refractivity contribution in [2.24, 2.45) is 0 Å². The molecular formula is C17H34NO3PPdS. The molecule has 1 aromatic rings. The number of aryl methyl sites for hydroxylation is 2. The minimum atomic E-state index is -3.84. The van der Waals surface area contributed by atoms with E-state index < -0.39 is 18.0 Å². The Bertz CT molecular complexity index is 547. The fraction of sp³-hybridized carbons (Fsp3) is 0.647. The van der Waals surface area contributed by atoms with Crippen molar-refractivity contribution in [1.82, 2.24) is 4.98 Å². The molecule has 1 heterocycles. The van der Waals surface area contributed by atoms with Gasteiger partial charge in [-0.25, -0.2) is 0 Å². The molecular weight excluding hydrogens is 436 g/mol. The van der Waals surface area contributed by atoms with Crippen LogP contribution in [-0.2, 0) is 30.5 Å². The molecule has 1 aromatic heterocycles. The number of pyridine rings is 1. The Hall–Kier alpha value is 0.152. The third-order valence-electron chi connectivity index (χ3n) is 3.16. The van der Waals surface area contributed by atoms with Gasteiger partial charge in [0.2, 0.25) is 0 Å². The SMILES string of the molecule is CC(C)(C)[PH+](CS(=O)(=O)O)C(C)(C)C.Cc1cccc(C)n1.[CH3-].[Pd]. The van der Waals surface area contributed by atoms with Gasteiger partial charge in [0.1, 0.15) is 0 Å². The first-order valence-electron chi connectivity index (χ1n) is 7.35. The third-order valence-corrected chi connectivity index (χ3v) is 9.40. The van der Waals surface area contributed by atoms with Crippen LogP contribution in [0.4, 0.5) is 0 Å². The zero-order valence-electron chi connectivity index (χ0n) is 16.4. The van der Waals surface area contributed by atoms with Crippen molar-refractivity contribution in [2.45, 2.75) is 65.7 Å². The van der Waals surface area contributed by atoms with Crippen LogP contribution in [0.1, 0.15) is 52.9 Å². The molecule has 0 amide bonds. The number of rotatable bonds is 2. The Kier molecular flexibility index (Phi) is 13.3. The predicted molar refractivity (Wildman–Crippen MR) is 104 cm³/mol. The van der Waals surface area contributed by atoms with E-state index in [0.717, 1.165) is 11.4 Å². The number of hydrogen-bond donors (Lipinski definition) is 1. The van der Waals surface area contributed by atoms with E-state index in [9.17, 15) is 8.42 Å². The molecule has 0 bridgehead atoms. The van der Waals surface area contributed by atoms with Crippen molar-refractivity contribution in [1.29, 1.82) is 0 Å². The summed E-state index contributed by atoms with van der Waals surface area (Å²) in [5, 5.41) is -0.0581. The summed E-state index contributed by atoms with van der Waals surface area (Å²) < 4.78 is 30.7. The first-order chi connectivity index (χ1) is 9.63. The molecule has 0 aliphatic rings. The van der Waals surface area contributed by atoms with Crippen LogP contribution in [-0.4, -0.2) is 33.8 Å². The average Bonchev–Trinajstić information content (AvgIpc) is 2.22. The molecule has 4 nitrogen and oxygen atoms in total. The molecule has 0 radical (unpaired) electrons. The van der Waals surface area contributed by atoms with E-state index in [1.807, 2.05) is 73.6 Å². The van der Waals surface area contributed by atoms with E-state index in [1.165, 1.54) is 0 Å². The Balaban J connectivity index is -0.000000378. The smallest absolute Gasteiger partial charge is 0.299 e. The summed E-state index contributed by atoms with van der Waals surface area (Å²) in [4.78, 5) is 4.17. The molecule has 0 aliphatic carbocycles. The van der Waals surface area contributed by atoms with Crippen LogP contribution in [0.5, 0.6) is 0 Å². The Morgan fingerprint density at radius 2 is 1.33 bits per heavy atom. The quantitative estimate of drug-likeness (QED) is 0.293. The second-order valence-electron chi connectivity index (χ2n) is 7.63. The summed E-state index contributed by atoms with van der Waals surface area (Å²) in [6, 6.07) is 6.00. The molecule has 0 aromatic carbocycles. The van der Waals surface area contributed by atoms with Crippen LogP contribution in [0.2, 0.25) is 0 Å². The summed E-state index contributed by atoms with van der Waals surface area (Å²) >= 11 is 0. The van der Waals surface area contributed by atoms with Gasteiger partial charge in [-0.3, -0.25) is 9.54 Å². The molecule has 146 valence electrons. The monoisotopic (exact) mass is 469 g/mol. The van der Waals surface area contributed by atoms with Gasteiger partial charge < -0.3 is 7.43 Å². The summed E-state index contributed by atoms with van der Waals surface area (Å²) in [5.41, 5.74) is 2.11. The van der Waals surface area contributed by atoms with E-state index in [1.54, 1.807) is 0 Å². The van der Waals surface area contributed by atoms with E-state index in [4.69, 9.17) is 4.55 Å². The van der Waals surface area contributed by atoms with Crippen LogP contribution in [0.3, 0.4) is 0 Å². The molecule has 0 aliphatic heterocycles. The fourth-order valence-electron chi connectivity index (χ4n) is 2.42. The second-order valence-corrected chi connectivity index (χ2v) is 13.9. The van der Waals surface area contributed by atoms with Gasteiger partial charge in [-0.05, 0) is 67.5 Å². The third kappa shape index (κ3) is 13.4. The average molecular weight is 470 g/mol. The Labute approximate surface area is 164 Å². The van der Waals surface area contributed by atoms with Crippen molar-refractivity contribution in [2.75, 3.05) is 5.49 Å². The normalized spacial score (nSPS) is 11.8. The van der Waals surface area contributed by atoms with Crippen LogP contribution in [0.15, 0.2) is 18.2 Å². The largest absolute Gasteiger partial charge is 0.358 e. The van der Waals surface area contributed by atoms with Crippen molar-refractivity contribution in [3.63, 3.8) is 0 Å². The minimum Gasteiger partial charge on any atom is -0.358 e. The maximum atomic E-state index is 10.9. The van der Waals surface area contributed by atoms with Crippen molar-refractivity contribution < 1.29 is 33.4 Å². The minimum absolute atomic E-state index is 0. The van der Waals surface area contributed by atoms with Crippen LogP contribution < -0.4 is 0 Å². The number of hydrogen-bond acceptors (Lipinski definition) is 3. The van der Waals surface area contributed by atoms with Crippen molar-refractivity contribution >= 4 is 18.0 Å². The van der Waals surface area contributed by atoms with E-state index in [2.05, 4.69) is 4.98 Å². The van der Waals surface area contributed by atoms with Crippen LogP contribution >= 0.6 is 7.92 Å². The number of aromatic nitrogens is 1. The Morgan fingerprint density at radius 3 is 1.46 bits per heavy atom. The molecule has 7 heteroatoms. The van der Waals surface area contributed by atoms with Gasteiger partial charge in [-0.2, -0.15) is 8.42 Å². The van der Waals surface area contributed by atoms with Crippen LogP contribution in [0.25, 0.3) is 0 Å².